The van der Waals surface area contributed by atoms with Gasteiger partial charge in [-0.3, -0.25) is 4.98 Å². The molecule has 0 amide bonds. The lowest BCUT2D eigenvalue weighted by Crippen LogP contribution is -1.86. The van der Waals surface area contributed by atoms with Crippen molar-refractivity contribution in [3.05, 3.63) is 72.1 Å². The van der Waals surface area contributed by atoms with Gasteiger partial charge in [0.05, 0.1) is 0 Å². The number of benzene rings is 2. The van der Waals surface area contributed by atoms with E-state index in [-0.39, 0.29) is 0 Å². The maximum absolute atomic E-state index is 4.21. The van der Waals surface area contributed by atoms with Crippen molar-refractivity contribution in [2.75, 3.05) is 12.4 Å². The lowest BCUT2D eigenvalue weighted by atomic mass is 10.1. The smallest absolute Gasteiger partial charge is 0.0495 e. The van der Waals surface area contributed by atoms with Crippen LogP contribution in [0.3, 0.4) is 0 Å². The summed E-state index contributed by atoms with van der Waals surface area (Å²) in [6, 6.07) is 16.8. The summed E-state index contributed by atoms with van der Waals surface area (Å²) in [4.78, 5) is 7.66. The predicted molar refractivity (Wildman–Crippen MR) is 98.5 cm³/mol. The molecule has 2 aromatic heterocycles. The maximum atomic E-state index is 4.21. The Morgan fingerprint density at radius 1 is 0.870 bits per heavy atom. The SMILES string of the molecule is CNc1ccc(/C=C/c2ccc3c(c2)[nH]c2ccncc23)cc1. The molecule has 0 aliphatic heterocycles. The second-order valence-electron chi connectivity index (χ2n) is 5.56. The van der Waals surface area contributed by atoms with E-state index < -0.39 is 0 Å². The largest absolute Gasteiger partial charge is 0.388 e. The van der Waals surface area contributed by atoms with Crippen molar-refractivity contribution < 1.29 is 0 Å². The number of hydrogen-bond donors (Lipinski definition) is 2. The van der Waals surface area contributed by atoms with E-state index in [1.165, 1.54) is 21.9 Å². The van der Waals surface area contributed by atoms with Crippen LogP contribution in [0.2, 0.25) is 0 Å². The first kappa shape index (κ1) is 13.6. The Morgan fingerprint density at radius 3 is 2.48 bits per heavy atom. The van der Waals surface area contributed by atoms with Crippen LogP contribution < -0.4 is 5.32 Å². The lowest BCUT2D eigenvalue weighted by molar-refractivity contribution is 1.36. The number of rotatable bonds is 3. The summed E-state index contributed by atoms with van der Waals surface area (Å²) in [6.07, 6.45) is 7.99. The quantitative estimate of drug-likeness (QED) is 0.527. The normalized spacial score (nSPS) is 11.5. The second kappa shape index (κ2) is 5.61. The van der Waals surface area contributed by atoms with Crippen LogP contribution in [0.1, 0.15) is 11.1 Å². The Hall–Kier alpha value is -3.07. The zero-order valence-corrected chi connectivity index (χ0v) is 12.9. The molecule has 0 saturated carbocycles. The molecule has 0 bridgehead atoms. The summed E-state index contributed by atoms with van der Waals surface area (Å²) in [7, 11) is 1.93. The van der Waals surface area contributed by atoms with Crippen LogP contribution in [0.25, 0.3) is 34.0 Å². The van der Waals surface area contributed by atoms with Crippen LogP contribution in [0.4, 0.5) is 5.69 Å². The number of aromatic amines is 1. The monoisotopic (exact) mass is 299 g/mol. The Labute approximate surface area is 134 Å². The Kier molecular flexibility index (Phi) is 3.31. The fourth-order valence-corrected chi connectivity index (χ4v) is 2.82. The zero-order valence-electron chi connectivity index (χ0n) is 12.9. The van der Waals surface area contributed by atoms with Crippen LogP contribution in [0.15, 0.2) is 60.9 Å². The Balaban J connectivity index is 1.68. The van der Waals surface area contributed by atoms with Crippen molar-refractivity contribution in [2.24, 2.45) is 0 Å². The molecule has 3 heteroatoms. The number of fused-ring (bicyclic) bond motifs is 3. The first-order chi connectivity index (χ1) is 11.3. The molecule has 4 aromatic rings. The Morgan fingerprint density at radius 2 is 1.65 bits per heavy atom. The van der Waals surface area contributed by atoms with Gasteiger partial charge < -0.3 is 10.3 Å². The van der Waals surface area contributed by atoms with Gasteiger partial charge in [-0.25, -0.2) is 0 Å². The third-order valence-electron chi connectivity index (χ3n) is 4.09. The molecule has 0 unspecified atom stereocenters. The van der Waals surface area contributed by atoms with Crippen LogP contribution in [-0.2, 0) is 0 Å². The molecular formula is C20H17N3. The van der Waals surface area contributed by atoms with Crippen molar-refractivity contribution in [3.63, 3.8) is 0 Å². The number of aromatic nitrogens is 2. The third kappa shape index (κ3) is 2.57. The molecular weight excluding hydrogens is 282 g/mol. The average Bonchev–Trinajstić information content (AvgIpc) is 2.98. The van der Waals surface area contributed by atoms with E-state index in [9.17, 15) is 0 Å². The van der Waals surface area contributed by atoms with Gasteiger partial charge in [0.15, 0.2) is 0 Å². The highest BCUT2D eigenvalue weighted by molar-refractivity contribution is 6.07. The predicted octanol–water partition coefficient (Wildman–Crippen LogP) is 4.93. The Bertz CT molecular complexity index is 994. The number of pyridine rings is 1. The van der Waals surface area contributed by atoms with Crippen molar-refractivity contribution in [1.82, 2.24) is 9.97 Å². The number of anilines is 1. The molecule has 0 fully saturated rings. The third-order valence-corrected chi connectivity index (χ3v) is 4.09. The van der Waals surface area contributed by atoms with E-state index in [1.807, 2.05) is 25.5 Å². The number of nitrogens with zero attached hydrogens (tertiary/aromatic N) is 1. The zero-order chi connectivity index (χ0) is 15.6. The van der Waals surface area contributed by atoms with E-state index in [2.05, 4.69) is 69.9 Å². The summed E-state index contributed by atoms with van der Waals surface area (Å²) in [6.45, 7) is 0. The average molecular weight is 299 g/mol. The molecule has 23 heavy (non-hydrogen) atoms. The highest BCUT2D eigenvalue weighted by Crippen LogP contribution is 2.25. The number of H-pyrrole nitrogens is 1. The van der Waals surface area contributed by atoms with Crippen molar-refractivity contribution >= 4 is 39.6 Å². The molecule has 2 N–H and O–H groups in total. The van der Waals surface area contributed by atoms with E-state index in [4.69, 9.17) is 0 Å². The molecule has 0 spiro atoms. The van der Waals surface area contributed by atoms with E-state index in [1.54, 1.807) is 0 Å². The van der Waals surface area contributed by atoms with Gasteiger partial charge in [0.1, 0.15) is 0 Å². The highest BCUT2D eigenvalue weighted by atomic mass is 14.8. The van der Waals surface area contributed by atoms with Crippen LogP contribution in [-0.4, -0.2) is 17.0 Å². The first-order valence-electron chi connectivity index (χ1n) is 7.65. The maximum Gasteiger partial charge on any atom is 0.0495 e. The molecule has 0 aliphatic rings. The summed E-state index contributed by atoms with van der Waals surface area (Å²) in [5, 5.41) is 5.51. The highest BCUT2D eigenvalue weighted by Gasteiger charge is 2.03. The van der Waals surface area contributed by atoms with Crippen molar-refractivity contribution in [1.29, 1.82) is 0 Å². The molecule has 4 rings (SSSR count). The molecule has 3 nitrogen and oxygen atoms in total. The summed E-state index contributed by atoms with van der Waals surface area (Å²) in [5.74, 6) is 0. The summed E-state index contributed by atoms with van der Waals surface area (Å²) < 4.78 is 0. The van der Waals surface area contributed by atoms with Gasteiger partial charge in [-0.1, -0.05) is 36.4 Å². The lowest BCUT2D eigenvalue weighted by Gasteiger charge is -2.00. The topological polar surface area (TPSA) is 40.7 Å². The fourth-order valence-electron chi connectivity index (χ4n) is 2.82. The van der Waals surface area contributed by atoms with Gasteiger partial charge in [-0.2, -0.15) is 0 Å². The van der Waals surface area contributed by atoms with E-state index in [0.29, 0.717) is 0 Å². The molecule has 0 aliphatic carbocycles. The molecule has 2 aromatic carbocycles. The molecule has 0 radical (unpaired) electrons. The number of hydrogen-bond acceptors (Lipinski definition) is 2. The molecule has 0 atom stereocenters. The fraction of sp³-hybridized carbons (Fsp3) is 0.0500. The van der Waals surface area contributed by atoms with Gasteiger partial charge in [-0.15, -0.1) is 0 Å². The van der Waals surface area contributed by atoms with E-state index >= 15 is 0 Å². The summed E-state index contributed by atoms with van der Waals surface area (Å²) in [5.41, 5.74) is 5.74. The van der Waals surface area contributed by atoms with E-state index in [0.717, 1.165) is 16.7 Å². The molecule has 112 valence electrons. The minimum Gasteiger partial charge on any atom is -0.388 e. The van der Waals surface area contributed by atoms with Gasteiger partial charge >= 0.3 is 0 Å². The van der Waals surface area contributed by atoms with Gasteiger partial charge in [0, 0.05) is 46.9 Å². The number of nitrogens with one attached hydrogen (secondary N) is 2. The van der Waals surface area contributed by atoms with Gasteiger partial charge in [0.25, 0.3) is 0 Å². The van der Waals surface area contributed by atoms with Crippen LogP contribution >= 0.6 is 0 Å². The molecule has 0 saturated heterocycles. The first-order valence-corrected chi connectivity index (χ1v) is 7.65. The van der Waals surface area contributed by atoms with Gasteiger partial charge in [-0.05, 0) is 35.4 Å². The van der Waals surface area contributed by atoms with Gasteiger partial charge in [0.2, 0.25) is 0 Å². The van der Waals surface area contributed by atoms with Crippen LogP contribution in [0.5, 0.6) is 0 Å². The minimum atomic E-state index is 1.12. The van der Waals surface area contributed by atoms with Crippen molar-refractivity contribution in [3.8, 4) is 0 Å². The second-order valence-corrected chi connectivity index (χ2v) is 5.56. The van der Waals surface area contributed by atoms with Crippen LogP contribution in [0, 0.1) is 0 Å². The molecule has 2 heterocycles. The summed E-state index contributed by atoms with van der Waals surface area (Å²) >= 11 is 0. The minimum absolute atomic E-state index is 1.12. The standard InChI is InChI=1S/C20H17N3/c1-21-16-7-4-14(5-8-16)2-3-15-6-9-17-18-13-22-11-10-19(18)23-20(17)12-15/h2-13,21,23H,1H3/b3-2+. The van der Waals surface area contributed by atoms with Crippen molar-refractivity contribution in [2.45, 2.75) is 0 Å².